The molecule has 0 saturated carbocycles. The van der Waals surface area contributed by atoms with Crippen LogP contribution in [0.15, 0.2) is 59.5 Å². The molecule has 1 atom stereocenters. The van der Waals surface area contributed by atoms with Crippen LogP contribution in [0.2, 0.25) is 0 Å². The molecule has 0 aliphatic heterocycles. The van der Waals surface area contributed by atoms with E-state index in [1.807, 2.05) is 18.2 Å². The standard InChI is InChI=1S/C17H20OS/c1-14-6-5-9-17(12-14)19-13-16(18)11-10-15-7-3-2-4-8-15/h2-9,12,16,18H,10-11,13H2,1H3. The van der Waals surface area contributed by atoms with E-state index in [1.165, 1.54) is 16.0 Å². The summed E-state index contributed by atoms with van der Waals surface area (Å²) in [6.07, 6.45) is 1.52. The number of aliphatic hydroxyl groups is 1. The van der Waals surface area contributed by atoms with Crippen LogP contribution in [0.25, 0.3) is 0 Å². The van der Waals surface area contributed by atoms with Gasteiger partial charge in [0.2, 0.25) is 0 Å². The Bertz CT molecular complexity index is 496. The van der Waals surface area contributed by atoms with Crippen LogP contribution in [0.4, 0.5) is 0 Å². The van der Waals surface area contributed by atoms with Gasteiger partial charge >= 0.3 is 0 Å². The van der Waals surface area contributed by atoms with E-state index in [0.717, 1.165) is 18.6 Å². The van der Waals surface area contributed by atoms with E-state index < -0.39 is 0 Å². The summed E-state index contributed by atoms with van der Waals surface area (Å²) in [7, 11) is 0. The number of aliphatic hydroxyl groups excluding tert-OH is 1. The summed E-state index contributed by atoms with van der Waals surface area (Å²) < 4.78 is 0. The minimum Gasteiger partial charge on any atom is -0.392 e. The van der Waals surface area contributed by atoms with Crippen molar-refractivity contribution in [1.29, 1.82) is 0 Å². The van der Waals surface area contributed by atoms with Crippen molar-refractivity contribution in [2.75, 3.05) is 5.75 Å². The second-order valence-corrected chi connectivity index (χ2v) is 5.90. The van der Waals surface area contributed by atoms with Crippen LogP contribution in [0, 0.1) is 6.92 Å². The smallest absolute Gasteiger partial charge is 0.0637 e. The van der Waals surface area contributed by atoms with Crippen LogP contribution in [0.3, 0.4) is 0 Å². The van der Waals surface area contributed by atoms with E-state index in [0.29, 0.717) is 0 Å². The molecule has 2 aromatic rings. The predicted octanol–water partition coefficient (Wildman–Crippen LogP) is 4.08. The van der Waals surface area contributed by atoms with E-state index in [2.05, 4.69) is 43.3 Å². The molecule has 0 heterocycles. The maximum Gasteiger partial charge on any atom is 0.0637 e. The molecule has 2 heteroatoms. The maximum absolute atomic E-state index is 10.0. The molecule has 2 aromatic carbocycles. The number of aryl methyl sites for hydroxylation is 2. The molecule has 19 heavy (non-hydrogen) atoms. The summed E-state index contributed by atoms with van der Waals surface area (Å²) in [5.74, 6) is 0.760. The van der Waals surface area contributed by atoms with Crippen LogP contribution < -0.4 is 0 Å². The molecule has 1 nitrogen and oxygen atoms in total. The zero-order valence-corrected chi connectivity index (χ0v) is 12.1. The number of hydrogen-bond donors (Lipinski definition) is 1. The van der Waals surface area contributed by atoms with Crippen LogP contribution in [-0.4, -0.2) is 17.0 Å². The average molecular weight is 272 g/mol. The Labute approximate surface area is 119 Å². The van der Waals surface area contributed by atoms with Crippen molar-refractivity contribution in [3.63, 3.8) is 0 Å². The van der Waals surface area contributed by atoms with Gasteiger partial charge in [0, 0.05) is 10.6 Å². The average Bonchev–Trinajstić information content (AvgIpc) is 2.44. The van der Waals surface area contributed by atoms with Crippen LogP contribution in [-0.2, 0) is 6.42 Å². The number of thioether (sulfide) groups is 1. The molecule has 0 spiro atoms. The van der Waals surface area contributed by atoms with Crippen LogP contribution >= 0.6 is 11.8 Å². The summed E-state index contributed by atoms with van der Waals surface area (Å²) in [4.78, 5) is 1.23. The molecule has 0 aliphatic rings. The van der Waals surface area contributed by atoms with E-state index in [-0.39, 0.29) is 6.10 Å². The van der Waals surface area contributed by atoms with Crippen molar-refractivity contribution in [3.8, 4) is 0 Å². The van der Waals surface area contributed by atoms with Gasteiger partial charge in [0.15, 0.2) is 0 Å². The second-order valence-electron chi connectivity index (χ2n) is 4.81. The van der Waals surface area contributed by atoms with Gasteiger partial charge in [0.05, 0.1) is 6.10 Å². The molecule has 0 amide bonds. The molecule has 0 saturated heterocycles. The Morgan fingerprint density at radius 2 is 1.84 bits per heavy atom. The maximum atomic E-state index is 10.0. The van der Waals surface area contributed by atoms with Gasteiger partial charge in [0.1, 0.15) is 0 Å². The Kier molecular flexibility index (Phi) is 5.49. The first-order valence-corrected chi connectivity index (χ1v) is 7.64. The highest BCUT2D eigenvalue weighted by atomic mass is 32.2. The van der Waals surface area contributed by atoms with Gasteiger partial charge in [-0.3, -0.25) is 0 Å². The van der Waals surface area contributed by atoms with E-state index >= 15 is 0 Å². The first kappa shape index (κ1) is 14.2. The molecule has 1 unspecified atom stereocenters. The summed E-state index contributed by atoms with van der Waals surface area (Å²) in [5, 5.41) is 10.0. The molecule has 1 N–H and O–H groups in total. The van der Waals surface area contributed by atoms with Crippen molar-refractivity contribution < 1.29 is 5.11 Å². The van der Waals surface area contributed by atoms with Gasteiger partial charge < -0.3 is 5.11 Å². The largest absolute Gasteiger partial charge is 0.392 e. The van der Waals surface area contributed by atoms with E-state index in [4.69, 9.17) is 0 Å². The van der Waals surface area contributed by atoms with Gasteiger partial charge in [-0.15, -0.1) is 11.8 Å². The number of hydrogen-bond acceptors (Lipinski definition) is 2. The third-order valence-corrected chi connectivity index (χ3v) is 4.18. The van der Waals surface area contributed by atoms with E-state index in [9.17, 15) is 5.11 Å². The molecule has 100 valence electrons. The molecular weight excluding hydrogens is 252 g/mol. The summed E-state index contributed by atoms with van der Waals surface area (Å²) in [6.45, 7) is 2.09. The van der Waals surface area contributed by atoms with Crippen molar-refractivity contribution in [3.05, 3.63) is 65.7 Å². The van der Waals surface area contributed by atoms with E-state index in [1.54, 1.807) is 11.8 Å². The van der Waals surface area contributed by atoms with Crippen LogP contribution in [0.5, 0.6) is 0 Å². The lowest BCUT2D eigenvalue weighted by Crippen LogP contribution is -2.11. The molecular formula is C17H20OS. The van der Waals surface area contributed by atoms with Gasteiger partial charge in [-0.2, -0.15) is 0 Å². The molecule has 0 radical (unpaired) electrons. The molecule has 0 bridgehead atoms. The van der Waals surface area contributed by atoms with Crippen molar-refractivity contribution >= 4 is 11.8 Å². The Balaban J connectivity index is 1.74. The normalized spacial score (nSPS) is 12.3. The molecule has 2 rings (SSSR count). The SMILES string of the molecule is Cc1cccc(SCC(O)CCc2ccccc2)c1. The molecule has 0 fully saturated rings. The molecule has 0 aromatic heterocycles. The first-order chi connectivity index (χ1) is 9.24. The lowest BCUT2D eigenvalue weighted by atomic mass is 10.1. The third kappa shape index (κ3) is 5.09. The summed E-state index contributed by atoms with van der Waals surface area (Å²) >= 11 is 1.73. The third-order valence-electron chi connectivity index (χ3n) is 3.04. The summed E-state index contributed by atoms with van der Waals surface area (Å²) in [5.41, 5.74) is 2.56. The highest BCUT2D eigenvalue weighted by Gasteiger charge is 2.05. The number of rotatable bonds is 6. The van der Waals surface area contributed by atoms with Gasteiger partial charge in [-0.1, -0.05) is 48.0 Å². The van der Waals surface area contributed by atoms with Crippen molar-refractivity contribution in [2.24, 2.45) is 0 Å². The minimum absolute atomic E-state index is 0.245. The number of benzene rings is 2. The first-order valence-electron chi connectivity index (χ1n) is 6.65. The van der Waals surface area contributed by atoms with Gasteiger partial charge in [0.25, 0.3) is 0 Å². The highest BCUT2D eigenvalue weighted by Crippen LogP contribution is 2.21. The fourth-order valence-electron chi connectivity index (χ4n) is 1.96. The van der Waals surface area contributed by atoms with Gasteiger partial charge in [-0.25, -0.2) is 0 Å². The second kappa shape index (κ2) is 7.37. The van der Waals surface area contributed by atoms with Crippen molar-refractivity contribution in [2.45, 2.75) is 30.8 Å². The Morgan fingerprint density at radius 1 is 1.05 bits per heavy atom. The predicted molar refractivity (Wildman–Crippen MR) is 82.7 cm³/mol. The Morgan fingerprint density at radius 3 is 2.58 bits per heavy atom. The van der Waals surface area contributed by atoms with Crippen LogP contribution in [0.1, 0.15) is 17.5 Å². The fraction of sp³-hybridized carbons (Fsp3) is 0.294. The minimum atomic E-state index is -0.245. The zero-order valence-electron chi connectivity index (χ0n) is 11.3. The monoisotopic (exact) mass is 272 g/mol. The topological polar surface area (TPSA) is 20.2 Å². The van der Waals surface area contributed by atoms with Crippen molar-refractivity contribution in [1.82, 2.24) is 0 Å². The quantitative estimate of drug-likeness (QED) is 0.800. The zero-order chi connectivity index (χ0) is 13.5. The lowest BCUT2D eigenvalue weighted by Gasteiger charge is -2.10. The Hall–Kier alpha value is -1.25. The van der Waals surface area contributed by atoms with Gasteiger partial charge in [-0.05, 0) is 37.5 Å². The lowest BCUT2D eigenvalue weighted by molar-refractivity contribution is 0.189. The highest BCUT2D eigenvalue weighted by molar-refractivity contribution is 7.99. The molecule has 0 aliphatic carbocycles. The summed E-state index contributed by atoms with van der Waals surface area (Å²) in [6, 6.07) is 18.8. The fourth-order valence-corrected chi connectivity index (χ4v) is 2.95.